The average Bonchev–Trinajstić information content (AvgIpc) is 3.11. The van der Waals surface area contributed by atoms with Crippen molar-refractivity contribution in [3.05, 3.63) is 29.7 Å². The third-order valence-electron chi connectivity index (χ3n) is 3.20. The summed E-state index contributed by atoms with van der Waals surface area (Å²) in [4.78, 5) is 16.2. The lowest BCUT2D eigenvalue weighted by atomic mass is 10.1. The monoisotopic (exact) mass is 356 g/mol. The van der Waals surface area contributed by atoms with E-state index in [1.165, 1.54) is 23.9 Å². The van der Waals surface area contributed by atoms with Crippen LogP contribution in [-0.4, -0.2) is 36.1 Å². The molecule has 0 unspecified atom stereocenters. The molecule has 132 valence electrons. The topological polar surface area (TPSA) is 116 Å². The summed E-state index contributed by atoms with van der Waals surface area (Å²) < 4.78 is 37.2. The number of aryl methyl sites for hydroxylation is 1. The number of carbonyl (C=O) groups excluding carboxylic acids is 1. The van der Waals surface area contributed by atoms with Gasteiger partial charge in [0.25, 0.3) is 5.89 Å². The van der Waals surface area contributed by atoms with E-state index in [2.05, 4.69) is 14.9 Å². The highest BCUT2D eigenvalue weighted by atomic mass is 32.2. The van der Waals surface area contributed by atoms with Gasteiger partial charge in [0, 0.05) is 19.7 Å². The summed E-state index contributed by atoms with van der Waals surface area (Å²) in [7, 11) is -0.778. The van der Waals surface area contributed by atoms with Crippen molar-refractivity contribution in [2.45, 2.75) is 31.8 Å². The van der Waals surface area contributed by atoms with Gasteiger partial charge in [0.05, 0.1) is 0 Å². The summed E-state index contributed by atoms with van der Waals surface area (Å²) in [5.41, 5.74) is 0.103. The summed E-state index contributed by atoms with van der Waals surface area (Å²) in [6, 6.07) is 1.24. The summed E-state index contributed by atoms with van der Waals surface area (Å²) >= 11 is 0. The largest absolute Gasteiger partial charge is 0.451 e. The quantitative estimate of drug-likeness (QED) is 0.732. The van der Waals surface area contributed by atoms with Crippen LogP contribution in [0.15, 0.2) is 21.7 Å². The van der Waals surface area contributed by atoms with Gasteiger partial charge in [-0.05, 0) is 19.0 Å². The molecule has 24 heavy (non-hydrogen) atoms. The van der Waals surface area contributed by atoms with Gasteiger partial charge in [-0.3, -0.25) is 0 Å². The molecule has 0 amide bonds. The molecule has 0 fully saturated rings. The average molecular weight is 356 g/mol. The molecular weight excluding hydrogens is 336 g/mol. The van der Waals surface area contributed by atoms with E-state index in [-0.39, 0.29) is 23.1 Å². The van der Waals surface area contributed by atoms with Crippen LogP contribution in [0, 0.1) is 5.92 Å². The molecule has 0 saturated heterocycles. The number of nitrogens with zero attached hydrogens (tertiary/aromatic N) is 3. The molecule has 0 bridgehead atoms. The van der Waals surface area contributed by atoms with Gasteiger partial charge in [-0.1, -0.05) is 19.0 Å². The molecule has 2 aromatic rings. The first-order valence-corrected chi connectivity index (χ1v) is 8.79. The number of sulfonamides is 1. The van der Waals surface area contributed by atoms with Gasteiger partial charge in [0.1, 0.15) is 10.6 Å². The van der Waals surface area contributed by atoms with E-state index in [0.717, 1.165) is 0 Å². The number of hydrogen-bond donors (Lipinski definition) is 1. The standard InChI is InChI=1S/C14H20N4O5S/c1-9(2)5-12-16-13(23-17-12)8-22-14(19)11-6-10(7-18(11)4)24(20,21)15-3/h6-7,9,15H,5,8H2,1-4H3. The first-order chi connectivity index (χ1) is 11.2. The summed E-state index contributed by atoms with van der Waals surface area (Å²) in [6.45, 7) is 3.88. The van der Waals surface area contributed by atoms with E-state index in [4.69, 9.17) is 9.26 Å². The van der Waals surface area contributed by atoms with E-state index < -0.39 is 16.0 Å². The van der Waals surface area contributed by atoms with Gasteiger partial charge in [0.15, 0.2) is 12.4 Å². The first-order valence-electron chi connectivity index (χ1n) is 7.31. The minimum Gasteiger partial charge on any atom is -0.451 e. The van der Waals surface area contributed by atoms with Crippen molar-refractivity contribution < 1.29 is 22.5 Å². The fourth-order valence-electron chi connectivity index (χ4n) is 2.00. The zero-order valence-corrected chi connectivity index (χ0v) is 14.8. The fraction of sp³-hybridized carbons (Fsp3) is 0.500. The predicted octanol–water partition coefficient (Wildman–Crippen LogP) is 0.872. The minimum absolute atomic E-state index is 0.0172. The van der Waals surface area contributed by atoms with Gasteiger partial charge in [0.2, 0.25) is 10.0 Å². The molecular formula is C14H20N4O5S. The Morgan fingerprint density at radius 2 is 2.17 bits per heavy atom. The van der Waals surface area contributed by atoms with Crippen molar-refractivity contribution in [2.75, 3.05) is 7.05 Å². The second kappa shape index (κ2) is 7.14. The van der Waals surface area contributed by atoms with Crippen LogP contribution < -0.4 is 4.72 Å². The summed E-state index contributed by atoms with van der Waals surface area (Å²) in [5, 5.41) is 3.80. The Kier molecular flexibility index (Phi) is 5.40. The number of nitrogens with one attached hydrogen (secondary N) is 1. The third kappa shape index (κ3) is 4.20. The van der Waals surface area contributed by atoms with Gasteiger partial charge >= 0.3 is 5.97 Å². The van der Waals surface area contributed by atoms with Crippen molar-refractivity contribution >= 4 is 16.0 Å². The van der Waals surface area contributed by atoms with E-state index in [0.29, 0.717) is 18.2 Å². The molecule has 0 aliphatic heterocycles. The molecule has 0 aliphatic carbocycles. The Hall–Kier alpha value is -2.20. The van der Waals surface area contributed by atoms with Crippen molar-refractivity contribution in [3.8, 4) is 0 Å². The molecule has 10 heteroatoms. The van der Waals surface area contributed by atoms with Crippen molar-refractivity contribution in [1.82, 2.24) is 19.4 Å². The second-order valence-corrected chi connectivity index (χ2v) is 7.54. The Morgan fingerprint density at radius 1 is 1.46 bits per heavy atom. The van der Waals surface area contributed by atoms with Crippen LogP contribution in [0.3, 0.4) is 0 Å². The van der Waals surface area contributed by atoms with Crippen LogP contribution in [0.5, 0.6) is 0 Å². The lowest BCUT2D eigenvalue weighted by Crippen LogP contribution is -2.17. The van der Waals surface area contributed by atoms with Crippen molar-refractivity contribution in [1.29, 1.82) is 0 Å². The van der Waals surface area contributed by atoms with E-state index in [9.17, 15) is 13.2 Å². The molecule has 9 nitrogen and oxygen atoms in total. The predicted molar refractivity (Wildman–Crippen MR) is 83.6 cm³/mol. The molecule has 0 aliphatic rings. The Morgan fingerprint density at radius 3 is 2.79 bits per heavy atom. The van der Waals surface area contributed by atoms with Crippen LogP contribution in [0.1, 0.15) is 36.1 Å². The summed E-state index contributed by atoms with van der Waals surface area (Å²) in [5.74, 6) is 0.446. The first kappa shape index (κ1) is 18.1. The van der Waals surface area contributed by atoms with Crippen molar-refractivity contribution in [2.24, 2.45) is 13.0 Å². The molecule has 2 heterocycles. The minimum atomic E-state index is -3.63. The third-order valence-corrected chi connectivity index (χ3v) is 4.58. The smallest absolute Gasteiger partial charge is 0.355 e. The normalized spacial score (nSPS) is 11.9. The molecule has 0 spiro atoms. The van der Waals surface area contributed by atoms with Crippen LogP contribution in [0.2, 0.25) is 0 Å². The Balaban J connectivity index is 2.04. The number of ether oxygens (including phenoxy) is 1. The zero-order valence-electron chi connectivity index (χ0n) is 13.9. The molecule has 0 radical (unpaired) electrons. The lowest BCUT2D eigenvalue weighted by Gasteiger charge is -2.02. The number of carbonyl (C=O) groups is 1. The van der Waals surface area contributed by atoms with E-state index >= 15 is 0 Å². The van der Waals surface area contributed by atoms with Crippen LogP contribution in [0.25, 0.3) is 0 Å². The molecule has 0 aromatic carbocycles. The number of aromatic nitrogens is 3. The highest BCUT2D eigenvalue weighted by Crippen LogP contribution is 2.15. The van der Waals surface area contributed by atoms with Gasteiger partial charge in [-0.2, -0.15) is 4.98 Å². The van der Waals surface area contributed by atoms with Crippen LogP contribution in [0.4, 0.5) is 0 Å². The molecule has 0 saturated carbocycles. The van der Waals surface area contributed by atoms with Crippen molar-refractivity contribution in [3.63, 3.8) is 0 Å². The zero-order chi connectivity index (χ0) is 17.9. The molecule has 2 rings (SSSR count). The van der Waals surface area contributed by atoms with Crippen LogP contribution >= 0.6 is 0 Å². The van der Waals surface area contributed by atoms with E-state index in [1.807, 2.05) is 13.8 Å². The highest BCUT2D eigenvalue weighted by molar-refractivity contribution is 7.89. The maximum atomic E-state index is 12.1. The number of hydrogen-bond acceptors (Lipinski definition) is 7. The highest BCUT2D eigenvalue weighted by Gasteiger charge is 2.20. The molecule has 1 N–H and O–H groups in total. The van der Waals surface area contributed by atoms with Gasteiger partial charge < -0.3 is 13.8 Å². The fourth-order valence-corrected chi connectivity index (χ4v) is 2.80. The van der Waals surface area contributed by atoms with E-state index in [1.54, 1.807) is 7.05 Å². The number of rotatable bonds is 7. The second-order valence-electron chi connectivity index (χ2n) is 5.66. The SMILES string of the molecule is CNS(=O)(=O)c1cc(C(=O)OCc2nc(CC(C)C)no2)n(C)c1. The number of esters is 1. The Bertz CT molecular complexity index is 822. The summed E-state index contributed by atoms with van der Waals surface area (Å²) in [6.07, 6.45) is 2.00. The lowest BCUT2D eigenvalue weighted by molar-refractivity contribution is 0.0418. The molecule has 2 aromatic heterocycles. The van der Waals surface area contributed by atoms with Gasteiger partial charge in [-0.15, -0.1) is 0 Å². The maximum absolute atomic E-state index is 12.1. The molecule has 0 atom stereocenters. The maximum Gasteiger partial charge on any atom is 0.355 e. The van der Waals surface area contributed by atoms with Crippen LogP contribution in [-0.2, 0) is 34.8 Å². The Labute approximate surface area is 140 Å². The van der Waals surface area contributed by atoms with Gasteiger partial charge in [-0.25, -0.2) is 17.9 Å².